The third-order valence-electron chi connectivity index (χ3n) is 6.40. The Balaban J connectivity index is 1.69. The largest absolute Gasteiger partial charge is 0.395 e. The van der Waals surface area contributed by atoms with Crippen molar-refractivity contribution >= 4 is 17.2 Å². The summed E-state index contributed by atoms with van der Waals surface area (Å²) in [6, 6.07) is 0. The number of aliphatic hydroxyl groups is 1. The Morgan fingerprint density at radius 3 is 2.30 bits per heavy atom. The van der Waals surface area contributed by atoms with Crippen molar-refractivity contribution in [1.29, 1.82) is 0 Å². The van der Waals surface area contributed by atoms with Crippen LogP contribution < -0.4 is 4.80 Å². The van der Waals surface area contributed by atoms with E-state index in [9.17, 15) is 9.90 Å². The highest BCUT2D eigenvalue weighted by Gasteiger charge is 2.54. The van der Waals surface area contributed by atoms with E-state index in [4.69, 9.17) is 0 Å². The molecule has 0 radical (unpaired) electrons. The third kappa shape index (κ3) is 2.52. The molecule has 1 aromatic rings. The van der Waals surface area contributed by atoms with E-state index in [1.807, 2.05) is 11.5 Å². The van der Waals surface area contributed by atoms with Crippen LogP contribution in [0.2, 0.25) is 0 Å². The summed E-state index contributed by atoms with van der Waals surface area (Å²) in [7, 11) is 0. The summed E-state index contributed by atoms with van der Waals surface area (Å²) >= 11 is 1.58. The highest BCUT2D eigenvalue weighted by Crippen LogP contribution is 2.60. The van der Waals surface area contributed by atoms with Gasteiger partial charge in [0.25, 0.3) is 5.91 Å². The van der Waals surface area contributed by atoms with E-state index in [0.717, 1.165) is 47.5 Å². The molecule has 5 heteroatoms. The minimum atomic E-state index is -0.169. The number of aromatic nitrogens is 1. The molecule has 23 heavy (non-hydrogen) atoms. The molecule has 1 amide bonds. The summed E-state index contributed by atoms with van der Waals surface area (Å²) in [5.74, 6) is 2.40. The zero-order chi connectivity index (χ0) is 16.2. The molecule has 4 aliphatic carbocycles. The van der Waals surface area contributed by atoms with Gasteiger partial charge < -0.3 is 9.67 Å². The first kappa shape index (κ1) is 15.6. The molecule has 0 aromatic carbocycles. The maximum absolute atomic E-state index is 13.1. The van der Waals surface area contributed by atoms with Crippen molar-refractivity contribution in [2.24, 2.45) is 28.2 Å². The lowest BCUT2D eigenvalue weighted by molar-refractivity contribution is -0.142. The first-order valence-electron chi connectivity index (χ1n) is 8.87. The molecule has 0 unspecified atom stereocenters. The van der Waals surface area contributed by atoms with Crippen LogP contribution in [0.5, 0.6) is 0 Å². The van der Waals surface area contributed by atoms with Gasteiger partial charge in [0.1, 0.15) is 0 Å². The zero-order valence-electron chi connectivity index (χ0n) is 14.0. The Labute approximate surface area is 141 Å². The normalized spacial score (nSPS) is 36.0. The molecule has 4 aliphatic rings. The van der Waals surface area contributed by atoms with Gasteiger partial charge in [-0.15, -0.1) is 11.3 Å². The highest BCUT2D eigenvalue weighted by atomic mass is 32.1. The van der Waals surface area contributed by atoms with Crippen molar-refractivity contribution in [3.8, 4) is 0 Å². The van der Waals surface area contributed by atoms with E-state index in [-0.39, 0.29) is 17.9 Å². The average molecular weight is 334 g/mol. The number of thiazole rings is 1. The molecule has 126 valence electrons. The summed E-state index contributed by atoms with van der Waals surface area (Å²) < 4.78 is 2.00. The zero-order valence-corrected chi connectivity index (χ0v) is 14.9. The fourth-order valence-corrected chi connectivity index (χ4v) is 6.62. The predicted octanol–water partition coefficient (Wildman–Crippen LogP) is 2.80. The van der Waals surface area contributed by atoms with E-state index in [1.165, 1.54) is 24.1 Å². The standard InChI is InChI=1S/C18H26N2O2S/c1-11-12(2)23-17(20(11)3-4-21)19-16(22)18-8-13-5-14(9-18)7-15(6-13)10-18/h13-15,21H,3-10H2,1-2H3. The lowest BCUT2D eigenvalue weighted by Crippen LogP contribution is -2.50. The number of carbonyl (C=O) groups excluding carboxylic acids is 1. The monoisotopic (exact) mass is 334 g/mol. The Bertz CT molecular complexity index is 665. The maximum atomic E-state index is 13.1. The van der Waals surface area contributed by atoms with Crippen LogP contribution in [-0.2, 0) is 11.3 Å². The van der Waals surface area contributed by atoms with Gasteiger partial charge in [0, 0.05) is 17.1 Å². The Morgan fingerprint density at radius 1 is 1.22 bits per heavy atom. The van der Waals surface area contributed by atoms with Gasteiger partial charge in [-0.2, -0.15) is 4.99 Å². The van der Waals surface area contributed by atoms with Gasteiger partial charge in [0.05, 0.1) is 12.0 Å². The number of rotatable bonds is 3. The van der Waals surface area contributed by atoms with Crippen LogP contribution >= 0.6 is 11.3 Å². The Morgan fingerprint density at radius 2 is 1.78 bits per heavy atom. The van der Waals surface area contributed by atoms with Crippen molar-refractivity contribution < 1.29 is 9.90 Å². The molecule has 5 rings (SSSR count). The quantitative estimate of drug-likeness (QED) is 0.924. The molecule has 0 spiro atoms. The molecule has 0 aliphatic heterocycles. The second kappa shape index (κ2) is 5.55. The van der Waals surface area contributed by atoms with Crippen molar-refractivity contribution in [1.82, 2.24) is 4.57 Å². The van der Waals surface area contributed by atoms with E-state index < -0.39 is 0 Å². The molecule has 4 nitrogen and oxygen atoms in total. The number of aryl methyl sites for hydroxylation is 1. The summed E-state index contributed by atoms with van der Waals surface area (Å²) in [6.07, 6.45) is 7.21. The molecular weight excluding hydrogens is 308 g/mol. The first-order valence-corrected chi connectivity index (χ1v) is 9.69. The van der Waals surface area contributed by atoms with Gasteiger partial charge in [-0.1, -0.05) is 0 Å². The van der Waals surface area contributed by atoms with Crippen LogP contribution in [0.1, 0.15) is 49.1 Å². The molecule has 1 heterocycles. The third-order valence-corrected chi connectivity index (χ3v) is 7.50. The minimum Gasteiger partial charge on any atom is -0.395 e. The number of nitrogens with zero attached hydrogens (tertiary/aromatic N) is 2. The molecule has 0 atom stereocenters. The Hall–Kier alpha value is -0.940. The number of hydrogen-bond acceptors (Lipinski definition) is 3. The van der Waals surface area contributed by atoms with Crippen LogP contribution in [0.4, 0.5) is 0 Å². The predicted molar refractivity (Wildman–Crippen MR) is 90.0 cm³/mol. The van der Waals surface area contributed by atoms with Gasteiger partial charge in [0.15, 0.2) is 4.80 Å². The fourth-order valence-electron chi connectivity index (χ4n) is 5.62. The molecule has 1 aromatic heterocycles. The van der Waals surface area contributed by atoms with Crippen molar-refractivity contribution in [2.75, 3.05) is 6.61 Å². The molecule has 4 saturated carbocycles. The molecule has 4 fully saturated rings. The lowest BCUT2D eigenvalue weighted by Gasteiger charge is -2.55. The fraction of sp³-hybridized carbons (Fsp3) is 0.778. The Kier molecular flexibility index (Phi) is 3.76. The van der Waals surface area contributed by atoms with Gasteiger partial charge >= 0.3 is 0 Å². The number of aliphatic hydroxyl groups excluding tert-OH is 1. The lowest BCUT2D eigenvalue weighted by atomic mass is 9.49. The summed E-state index contributed by atoms with van der Waals surface area (Å²) in [6.45, 7) is 4.69. The second-order valence-corrected chi connectivity index (χ2v) is 9.20. The average Bonchev–Trinajstić information content (AvgIpc) is 2.74. The van der Waals surface area contributed by atoms with Crippen LogP contribution in [-0.4, -0.2) is 22.2 Å². The van der Waals surface area contributed by atoms with Crippen molar-refractivity contribution in [2.45, 2.75) is 58.9 Å². The van der Waals surface area contributed by atoms with Crippen LogP contribution in [0.25, 0.3) is 0 Å². The van der Waals surface area contributed by atoms with Crippen LogP contribution in [0, 0.1) is 37.0 Å². The minimum absolute atomic E-state index is 0.0791. The molecular formula is C18H26N2O2S. The number of amides is 1. The molecule has 4 bridgehead atoms. The summed E-state index contributed by atoms with van der Waals surface area (Å²) in [5, 5.41) is 9.30. The van der Waals surface area contributed by atoms with Gasteiger partial charge in [0.2, 0.25) is 0 Å². The van der Waals surface area contributed by atoms with E-state index in [2.05, 4.69) is 11.9 Å². The van der Waals surface area contributed by atoms with E-state index in [1.54, 1.807) is 11.3 Å². The smallest absolute Gasteiger partial charge is 0.254 e. The first-order chi connectivity index (χ1) is 11.0. The summed E-state index contributed by atoms with van der Waals surface area (Å²) in [5.41, 5.74) is 0.943. The molecule has 1 N–H and O–H groups in total. The van der Waals surface area contributed by atoms with Crippen LogP contribution in [0.15, 0.2) is 4.99 Å². The second-order valence-electron chi connectivity index (χ2n) is 8.02. The number of carbonyl (C=O) groups is 1. The van der Waals surface area contributed by atoms with E-state index in [0.29, 0.717) is 6.54 Å². The maximum Gasteiger partial charge on any atom is 0.254 e. The van der Waals surface area contributed by atoms with Gasteiger partial charge in [-0.3, -0.25) is 4.79 Å². The summed E-state index contributed by atoms with van der Waals surface area (Å²) in [4.78, 5) is 19.6. The van der Waals surface area contributed by atoms with Crippen molar-refractivity contribution in [3.05, 3.63) is 15.4 Å². The SMILES string of the molecule is Cc1sc(=NC(=O)C23CC4CC(CC(C4)C2)C3)n(CCO)c1C. The van der Waals surface area contributed by atoms with Crippen LogP contribution in [0.3, 0.4) is 0 Å². The molecule has 0 saturated heterocycles. The topological polar surface area (TPSA) is 54.6 Å². The highest BCUT2D eigenvalue weighted by molar-refractivity contribution is 7.09. The number of hydrogen-bond donors (Lipinski definition) is 1. The van der Waals surface area contributed by atoms with Gasteiger partial charge in [-0.25, -0.2) is 0 Å². The van der Waals surface area contributed by atoms with Crippen molar-refractivity contribution in [3.63, 3.8) is 0 Å². The van der Waals surface area contributed by atoms with E-state index >= 15 is 0 Å². The van der Waals surface area contributed by atoms with Gasteiger partial charge in [-0.05, 0) is 70.1 Å².